The third kappa shape index (κ3) is 3.14. The van der Waals surface area contributed by atoms with Crippen molar-refractivity contribution in [2.75, 3.05) is 38.1 Å². The highest BCUT2D eigenvalue weighted by Crippen LogP contribution is 2.42. The first-order chi connectivity index (χ1) is 17.0. The number of anilines is 1. The van der Waals surface area contributed by atoms with Crippen LogP contribution in [0, 0.1) is 16.7 Å². The molecule has 35 heavy (non-hydrogen) atoms. The second-order valence-electron chi connectivity index (χ2n) is 10.2. The van der Waals surface area contributed by atoms with Crippen LogP contribution < -0.4 is 4.90 Å². The van der Waals surface area contributed by atoms with E-state index in [2.05, 4.69) is 66.5 Å². The molecule has 2 aromatic heterocycles. The fraction of sp³-hybridized carbons (Fsp3) is 0.296. The zero-order valence-corrected chi connectivity index (χ0v) is 20.2. The predicted molar refractivity (Wildman–Crippen MR) is 136 cm³/mol. The summed E-state index contributed by atoms with van der Waals surface area (Å²) in [5.74, 6) is 0.774. The van der Waals surface area contributed by atoms with Crippen LogP contribution in [0.5, 0.6) is 0 Å². The Morgan fingerprint density at radius 3 is 2.66 bits per heavy atom. The lowest BCUT2D eigenvalue weighted by Crippen LogP contribution is -2.55. The van der Waals surface area contributed by atoms with Crippen molar-refractivity contribution in [3.8, 4) is 34.4 Å². The van der Waals surface area contributed by atoms with Gasteiger partial charge in [0.2, 0.25) is 0 Å². The molecule has 1 spiro atoms. The van der Waals surface area contributed by atoms with Gasteiger partial charge in [-0.25, -0.2) is 0 Å². The van der Waals surface area contributed by atoms with Crippen molar-refractivity contribution >= 4 is 17.3 Å². The molecule has 0 unspecified atom stereocenters. The molecule has 174 valence electrons. The lowest BCUT2D eigenvalue weighted by Gasteiger charge is -2.46. The van der Waals surface area contributed by atoms with Gasteiger partial charge in [-0.05, 0) is 61.0 Å². The third-order valence-corrected chi connectivity index (χ3v) is 8.21. The fourth-order valence-electron chi connectivity index (χ4n) is 6.19. The number of halogens is 1. The molecule has 5 heterocycles. The summed E-state index contributed by atoms with van der Waals surface area (Å²) in [5, 5.41) is 18.5. The first kappa shape index (κ1) is 20.7. The number of fused-ring (bicyclic) bond motifs is 5. The smallest absolute Gasteiger partial charge is 0.185 e. The van der Waals surface area contributed by atoms with Crippen LogP contribution in [-0.4, -0.2) is 57.5 Å². The number of rotatable bonds is 2. The van der Waals surface area contributed by atoms with Crippen molar-refractivity contribution in [1.29, 1.82) is 5.26 Å². The lowest BCUT2D eigenvalue weighted by atomic mass is 9.79. The van der Waals surface area contributed by atoms with Crippen LogP contribution in [0.15, 0.2) is 54.9 Å². The summed E-state index contributed by atoms with van der Waals surface area (Å²) in [6, 6.07) is 18.5. The average molecular weight is 482 g/mol. The summed E-state index contributed by atoms with van der Waals surface area (Å²) in [7, 11) is 2.21. The van der Waals surface area contributed by atoms with Crippen LogP contribution in [0.4, 0.5) is 5.69 Å². The first-order valence-corrected chi connectivity index (χ1v) is 12.3. The number of likely N-dealkylation sites (tertiary alicyclic amines) is 1. The Morgan fingerprint density at radius 2 is 1.89 bits per heavy atom. The normalized spacial score (nSPS) is 17.9. The van der Waals surface area contributed by atoms with E-state index in [9.17, 15) is 0 Å². The summed E-state index contributed by atoms with van der Waals surface area (Å²) in [4.78, 5) is 4.95. The molecule has 0 atom stereocenters. The molecule has 3 aliphatic rings. The fourth-order valence-corrected chi connectivity index (χ4v) is 6.51. The molecule has 0 N–H and O–H groups in total. The van der Waals surface area contributed by atoms with E-state index in [0.29, 0.717) is 22.7 Å². The van der Waals surface area contributed by atoms with Gasteiger partial charge in [0.05, 0.1) is 29.6 Å². The van der Waals surface area contributed by atoms with Crippen molar-refractivity contribution in [2.24, 2.45) is 5.41 Å². The van der Waals surface area contributed by atoms with Crippen molar-refractivity contribution in [3.63, 3.8) is 0 Å². The SMILES string of the molecule is CN1CC2(CCN(c3ccc4c(c3)Cn3c(cc(-c5ccc(C#N)cc5)c3Cl)-c3nncn3-4)C2)C1. The number of aromatic nitrogens is 4. The maximum Gasteiger partial charge on any atom is 0.185 e. The van der Waals surface area contributed by atoms with Gasteiger partial charge in [-0.2, -0.15) is 5.26 Å². The lowest BCUT2D eigenvalue weighted by molar-refractivity contribution is 0.0424. The maximum atomic E-state index is 9.15. The van der Waals surface area contributed by atoms with Crippen molar-refractivity contribution < 1.29 is 0 Å². The molecule has 0 bridgehead atoms. The molecule has 2 fully saturated rings. The first-order valence-electron chi connectivity index (χ1n) is 11.9. The van der Waals surface area contributed by atoms with Gasteiger partial charge in [0.25, 0.3) is 0 Å². The quantitative estimate of drug-likeness (QED) is 0.373. The van der Waals surface area contributed by atoms with Crippen LogP contribution in [-0.2, 0) is 6.54 Å². The van der Waals surface area contributed by atoms with Crippen molar-refractivity contribution in [2.45, 2.75) is 13.0 Å². The van der Waals surface area contributed by atoms with Crippen LogP contribution in [0.1, 0.15) is 17.5 Å². The Hall–Kier alpha value is -3.60. The zero-order chi connectivity index (χ0) is 23.7. The second kappa shape index (κ2) is 7.45. The Labute approximate surface area is 208 Å². The number of hydrogen-bond donors (Lipinski definition) is 0. The Kier molecular flexibility index (Phi) is 4.41. The molecule has 7 nitrogen and oxygen atoms in total. The minimum Gasteiger partial charge on any atom is -0.371 e. The van der Waals surface area contributed by atoms with Crippen LogP contribution >= 0.6 is 11.6 Å². The van der Waals surface area contributed by atoms with Crippen LogP contribution in [0.25, 0.3) is 28.3 Å². The van der Waals surface area contributed by atoms with Gasteiger partial charge in [-0.3, -0.25) is 4.57 Å². The molecule has 0 saturated carbocycles. The zero-order valence-electron chi connectivity index (χ0n) is 19.4. The van der Waals surface area contributed by atoms with E-state index in [0.717, 1.165) is 41.4 Å². The number of nitriles is 1. The van der Waals surface area contributed by atoms with Crippen LogP contribution in [0.3, 0.4) is 0 Å². The van der Waals surface area contributed by atoms with Gasteiger partial charge >= 0.3 is 0 Å². The van der Waals surface area contributed by atoms with E-state index >= 15 is 0 Å². The van der Waals surface area contributed by atoms with Crippen molar-refractivity contribution in [1.82, 2.24) is 24.2 Å². The molecule has 0 amide bonds. The van der Waals surface area contributed by atoms with Gasteiger partial charge in [0.15, 0.2) is 5.82 Å². The summed E-state index contributed by atoms with van der Waals surface area (Å²) in [6.07, 6.45) is 3.03. The molecule has 0 aliphatic carbocycles. The minimum atomic E-state index is 0.454. The summed E-state index contributed by atoms with van der Waals surface area (Å²) >= 11 is 6.99. The summed E-state index contributed by atoms with van der Waals surface area (Å²) < 4.78 is 4.18. The third-order valence-electron chi connectivity index (χ3n) is 7.80. The molecule has 8 heteroatoms. The largest absolute Gasteiger partial charge is 0.371 e. The van der Waals surface area contributed by atoms with Crippen molar-refractivity contribution in [3.05, 3.63) is 71.1 Å². The van der Waals surface area contributed by atoms with E-state index in [1.165, 1.54) is 30.8 Å². The van der Waals surface area contributed by atoms with Crippen LogP contribution in [0.2, 0.25) is 5.15 Å². The van der Waals surface area contributed by atoms with E-state index in [1.807, 2.05) is 24.3 Å². The highest BCUT2D eigenvalue weighted by atomic mass is 35.5. The highest BCUT2D eigenvalue weighted by Gasteiger charge is 2.46. The van der Waals surface area contributed by atoms with Gasteiger partial charge in [-0.1, -0.05) is 23.7 Å². The molecule has 7 rings (SSSR count). The van der Waals surface area contributed by atoms with E-state index in [4.69, 9.17) is 16.9 Å². The van der Waals surface area contributed by atoms with Gasteiger partial charge < -0.3 is 14.4 Å². The monoisotopic (exact) mass is 481 g/mol. The molecular weight excluding hydrogens is 458 g/mol. The second-order valence-corrected chi connectivity index (χ2v) is 10.5. The molecule has 3 aliphatic heterocycles. The Balaban J connectivity index is 1.29. The molecule has 0 radical (unpaired) electrons. The van der Waals surface area contributed by atoms with Gasteiger partial charge in [-0.15, -0.1) is 10.2 Å². The maximum absolute atomic E-state index is 9.15. The number of hydrogen-bond acceptors (Lipinski definition) is 5. The number of nitrogens with zero attached hydrogens (tertiary/aromatic N) is 7. The standard InChI is InChI=1S/C27H24ClN7/c1-32-14-27(15-32)8-9-33(16-27)21-6-7-23-20(10-21)13-34-24(26-31-30-17-35(23)26)11-22(25(34)28)19-4-2-18(12-29)3-5-19/h2-7,10-11,17H,8-9,13-16H2,1H3. The van der Waals surface area contributed by atoms with E-state index in [1.54, 1.807) is 6.33 Å². The molecule has 4 aromatic rings. The van der Waals surface area contributed by atoms with E-state index in [-0.39, 0.29) is 0 Å². The average Bonchev–Trinajstić information content (AvgIpc) is 3.56. The summed E-state index contributed by atoms with van der Waals surface area (Å²) in [5.41, 5.74) is 7.47. The highest BCUT2D eigenvalue weighted by molar-refractivity contribution is 6.32. The summed E-state index contributed by atoms with van der Waals surface area (Å²) in [6.45, 7) is 5.26. The van der Waals surface area contributed by atoms with Gasteiger partial charge in [0.1, 0.15) is 11.5 Å². The molecule has 2 aromatic carbocycles. The van der Waals surface area contributed by atoms with Gasteiger partial charge in [0, 0.05) is 42.8 Å². The van der Waals surface area contributed by atoms with E-state index < -0.39 is 0 Å². The number of benzene rings is 2. The molecular formula is C27H24ClN7. The molecule has 2 saturated heterocycles. The predicted octanol–water partition coefficient (Wildman–Crippen LogP) is 4.43. The Bertz CT molecular complexity index is 1500. The minimum absolute atomic E-state index is 0.454. The topological polar surface area (TPSA) is 65.9 Å². The Morgan fingerprint density at radius 1 is 1.06 bits per heavy atom.